The quantitative estimate of drug-likeness (QED) is 0.0323. The summed E-state index contributed by atoms with van der Waals surface area (Å²) in [6, 6.07) is 0. The Hall–Kier alpha value is -1.94. The monoisotopic (exact) mass is 718 g/mol. The molecule has 12 nitrogen and oxygen atoms in total. The second-order valence-corrected chi connectivity index (χ2v) is 13.1. The van der Waals surface area contributed by atoms with Crippen LogP contribution < -0.4 is 0 Å². The Kier molecular flexibility index (Phi) is 26.4. The Morgan fingerprint density at radius 2 is 1.37 bits per heavy atom. The van der Waals surface area contributed by atoms with E-state index in [2.05, 4.69) is 54.5 Å². The summed E-state index contributed by atoms with van der Waals surface area (Å²) in [4.78, 5) is 12.7. The van der Waals surface area contributed by atoms with E-state index in [4.69, 9.17) is 23.5 Å². The first-order valence-electron chi connectivity index (χ1n) is 17.9. The molecule has 0 aromatic carbocycles. The van der Waals surface area contributed by atoms with Gasteiger partial charge in [-0.15, -0.1) is 0 Å². The van der Waals surface area contributed by atoms with E-state index in [0.29, 0.717) is 13.0 Å². The second kappa shape index (κ2) is 28.7. The molecule has 1 aliphatic heterocycles. The number of hydrogen-bond donors (Lipinski definition) is 4. The smallest absolute Gasteiger partial charge is 0.397 e. The number of allylic oxidation sites excluding steroid dienone is 8. The predicted molar refractivity (Wildman–Crippen MR) is 188 cm³/mol. The minimum absolute atomic E-state index is 0.00649. The topological polar surface area (TPSA) is 178 Å². The number of hydrogen-bond acceptors (Lipinski definition) is 11. The summed E-state index contributed by atoms with van der Waals surface area (Å²) in [5.41, 5.74) is 0. The standard InChI is InChI=1S/C36H62O12S/c1-3-5-7-9-11-13-14-15-16-17-19-21-23-25-32(38)46-30(28-44-26-24-22-20-18-12-10-8-6-4-2)29-45-36-34(40)35(48-49(41,42)43)33(39)31(27-37)47-36/h5,7,11,13,15-16,19,21,30-31,33-37,39-40H,3-4,6,8-10,12,14,17-18,20,22-29H2,1-2H3,(H,41,42,43)/b7-5-,13-11-,16-15-,21-19-. The highest BCUT2D eigenvalue weighted by Gasteiger charge is 2.48. The first kappa shape index (κ1) is 45.1. The van der Waals surface area contributed by atoms with Crippen LogP contribution in [0.25, 0.3) is 0 Å². The van der Waals surface area contributed by atoms with Crippen LogP contribution in [0, 0.1) is 0 Å². The molecule has 4 N–H and O–H groups in total. The van der Waals surface area contributed by atoms with E-state index < -0.39 is 59.8 Å². The van der Waals surface area contributed by atoms with Crippen molar-refractivity contribution in [1.29, 1.82) is 0 Å². The fourth-order valence-electron chi connectivity index (χ4n) is 5.04. The maximum absolute atomic E-state index is 12.7. The van der Waals surface area contributed by atoms with Crippen LogP contribution >= 0.6 is 0 Å². The zero-order valence-electron chi connectivity index (χ0n) is 29.5. The summed E-state index contributed by atoms with van der Waals surface area (Å²) in [6.07, 6.45) is 21.9. The maximum Gasteiger partial charge on any atom is 0.397 e. The molecule has 1 rings (SSSR count). The number of esters is 1. The molecule has 13 heteroatoms. The van der Waals surface area contributed by atoms with Gasteiger partial charge in [0.25, 0.3) is 0 Å². The number of aliphatic hydroxyl groups excluding tert-OH is 3. The lowest BCUT2D eigenvalue weighted by Crippen LogP contribution is -2.60. The zero-order chi connectivity index (χ0) is 36.2. The number of carbonyl (C=O) groups is 1. The molecular formula is C36H62O12S. The van der Waals surface area contributed by atoms with Crippen LogP contribution in [-0.2, 0) is 38.3 Å². The highest BCUT2D eigenvalue weighted by atomic mass is 32.3. The van der Waals surface area contributed by atoms with Crippen LogP contribution in [0.15, 0.2) is 48.6 Å². The molecule has 1 aliphatic rings. The summed E-state index contributed by atoms with van der Waals surface area (Å²) in [7, 11) is -5.06. The second-order valence-electron chi connectivity index (χ2n) is 12.1. The first-order valence-corrected chi connectivity index (χ1v) is 19.3. The Bertz CT molecular complexity index is 1060. The van der Waals surface area contributed by atoms with E-state index >= 15 is 0 Å². The largest absolute Gasteiger partial charge is 0.457 e. The summed E-state index contributed by atoms with van der Waals surface area (Å²) in [6.45, 7) is 3.72. The number of unbranched alkanes of at least 4 members (excludes halogenated alkanes) is 8. The van der Waals surface area contributed by atoms with Crippen molar-refractivity contribution in [2.24, 2.45) is 0 Å². The van der Waals surface area contributed by atoms with E-state index in [1.165, 1.54) is 38.5 Å². The average Bonchev–Trinajstić information content (AvgIpc) is 3.06. The van der Waals surface area contributed by atoms with Gasteiger partial charge in [-0.25, -0.2) is 4.18 Å². The van der Waals surface area contributed by atoms with E-state index in [1.807, 2.05) is 12.2 Å². The van der Waals surface area contributed by atoms with Gasteiger partial charge in [-0.2, -0.15) is 8.42 Å². The molecule has 0 aromatic heterocycles. The fourth-order valence-corrected chi connectivity index (χ4v) is 5.54. The van der Waals surface area contributed by atoms with Crippen LogP contribution in [0.3, 0.4) is 0 Å². The Morgan fingerprint density at radius 1 is 0.796 bits per heavy atom. The van der Waals surface area contributed by atoms with Gasteiger partial charge in [-0.05, 0) is 38.5 Å². The molecule has 284 valence electrons. The van der Waals surface area contributed by atoms with Gasteiger partial charge in [-0.3, -0.25) is 9.35 Å². The van der Waals surface area contributed by atoms with Gasteiger partial charge in [0, 0.05) is 13.0 Å². The van der Waals surface area contributed by atoms with Crippen molar-refractivity contribution in [3.63, 3.8) is 0 Å². The van der Waals surface area contributed by atoms with Crippen molar-refractivity contribution in [1.82, 2.24) is 0 Å². The Labute approximate surface area is 294 Å². The van der Waals surface area contributed by atoms with Crippen molar-refractivity contribution >= 4 is 16.4 Å². The molecule has 0 spiro atoms. The molecule has 0 aliphatic carbocycles. The van der Waals surface area contributed by atoms with Crippen molar-refractivity contribution in [3.8, 4) is 0 Å². The lowest BCUT2D eigenvalue weighted by molar-refractivity contribution is -0.301. The molecule has 0 amide bonds. The van der Waals surface area contributed by atoms with Crippen molar-refractivity contribution in [2.45, 2.75) is 147 Å². The average molecular weight is 719 g/mol. The van der Waals surface area contributed by atoms with E-state index in [-0.39, 0.29) is 19.6 Å². The molecule has 0 saturated carbocycles. The summed E-state index contributed by atoms with van der Waals surface area (Å²) < 4.78 is 58.5. The molecule has 0 bridgehead atoms. The highest BCUT2D eigenvalue weighted by Crippen LogP contribution is 2.26. The third-order valence-corrected chi connectivity index (χ3v) is 8.19. The Balaban J connectivity index is 2.61. The molecule has 6 atom stereocenters. The first-order chi connectivity index (χ1) is 23.6. The maximum atomic E-state index is 12.7. The minimum atomic E-state index is -5.06. The highest BCUT2D eigenvalue weighted by molar-refractivity contribution is 7.80. The molecule has 1 heterocycles. The number of carbonyl (C=O) groups excluding carboxylic acids is 1. The van der Waals surface area contributed by atoms with Gasteiger partial charge < -0.3 is 34.3 Å². The van der Waals surface area contributed by atoms with Gasteiger partial charge >= 0.3 is 16.4 Å². The van der Waals surface area contributed by atoms with Gasteiger partial charge in [0.2, 0.25) is 0 Å². The number of rotatable bonds is 29. The van der Waals surface area contributed by atoms with Gasteiger partial charge in [-0.1, -0.05) is 114 Å². The molecule has 49 heavy (non-hydrogen) atoms. The lowest BCUT2D eigenvalue weighted by atomic mass is 9.99. The van der Waals surface area contributed by atoms with Crippen molar-refractivity contribution < 1.29 is 56.2 Å². The SMILES string of the molecule is CC/C=C\C/C=C\C/C=C\C/C=C\CCC(=O)OC(COCCCCCCCCCCC)COC1OC(CO)C(O)C(OS(=O)(=O)O)C1O. The van der Waals surface area contributed by atoms with E-state index in [1.54, 1.807) is 0 Å². The van der Waals surface area contributed by atoms with Gasteiger partial charge in [0.05, 0.1) is 19.8 Å². The zero-order valence-corrected chi connectivity index (χ0v) is 30.3. The molecule has 0 aromatic rings. The number of ether oxygens (including phenoxy) is 4. The Morgan fingerprint density at radius 3 is 1.94 bits per heavy atom. The van der Waals surface area contributed by atoms with Crippen LogP contribution in [0.4, 0.5) is 0 Å². The van der Waals surface area contributed by atoms with Crippen molar-refractivity contribution in [2.75, 3.05) is 26.4 Å². The third kappa shape index (κ3) is 23.2. The minimum Gasteiger partial charge on any atom is -0.457 e. The molecule has 0 radical (unpaired) electrons. The summed E-state index contributed by atoms with van der Waals surface area (Å²) in [5, 5.41) is 30.4. The summed E-state index contributed by atoms with van der Waals surface area (Å²) in [5.74, 6) is -0.482. The number of aliphatic hydroxyl groups is 3. The van der Waals surface area contributed by atoms with Gasteiger partial charge in [0.1, 0.15) is 30.5 Å². The van der Waals surface area contributed by atoms with Crippen LogP contribution in [-0.4, -0.2) is 97.5 Å². The van der Waals surface area contributed by atoms with Crippen LogP contribution in [0.2, 0.25) is 0 Å². The third-order valence-electron chi connectivity index (χ3n) is 7.73. The van der Waals surface area contributed by atoms with E-state index in [0.717, 1.165) is 44.9 Å². The lowest BCUT2D eigenvalue weighted by Gasteiger charge is -2.41. The predicted octanol–water partition coefficient (Wildman–Crippen LogP) is 5.67. The molecular weight excluding hydrogens is 656 g/mol. The molecule has 1 saturated heterocycles. The summed E-state index contributed by atoms with van der Waals surface area (Å²) >= 11 is 0. The fraction of sp³-hybridized carbons (Fsp3) is 0.750. The van der Waals surface area contributed by atoms with Crippen molar-refractivity contribution in [3.05, 3.63) is 48.6 Å². The van der Waals surface area contributed by atoms with Gasteiger partial charge in [0.15, 0.2) is 6.29 Å². The molecule has 1 fully saturated rings. The van der Waals surface area contributed by atoms with E-state index in [9.17, 15) is 28.5 Å². The normalized spacial score (nSPS) is 22.6. The van der Waals surface area contributed by atoms with Crippen LogP contribution in [0.1, 0.15) is 110 Å². The van der Waals surface area contributed by atoms with Crippen LogP contribution in [0.5, 0.6) is 0 Å². The molecule has 6 unspecified atom stereocenters.